The maximum Gasteiger partial charge on any atom is 0.317 e. The molecule has 4 rings (SSSR count). The third-order valence-corrected chi connectivity index (χ3v) is 8.16. The highest BCUT2D eigenvalue weighted by Crippen LogP contribution is 2.36. The molecule has 2 aromatic carbocycles. The van der Waals surface area contributed by atoms with E-state index in [1.165, 1.54) is 0 Å². The zero-order chi connectivity index (χ0) is 28.9. The Hall–Kier alpha value is -3.07. The van der Waals surface area contributed by atoms with Crippen molar-refractivity contribution in [3.05, 3.63) is 70.8 Å². The molecule has 2 atom stereocenters. The maximum atomic E-state index is 13.7. The second-order valence-corrected chi connectivity index (χ2v) is 12.2. The van der Waals surface area contributed by atoms with Gasteiger partial charge < -0.3 is 14.7 Å². The highest BCUT2D eigenvalue weighted by Gasteiger charge is 2.39. The maximum absolute atomic E-state index is 13.7. The van der Waals surface area contributed by atoms with Crippen molar-refractivity contribution in [2.75, 3.05) is 59.5 Å². The molecule has 2 aromatic rings. The van der Waals surface area contributed by atoms with E-state index in [-0.39, 0.29) is 36.1 Å². The first kappa shape index (κ1) is 29.9. The van der Waals surface area contributed by atoms with Gasteiger partial charge in [0, 0.05) is 64.5 Å². The molecular weight excluding hydrogens is 504 g/mol. The number of rotatable bonds is 11. The molecule has 0 radical (unpaired) electrons. The van der Waals surface area contributed by atoms with Crippen LogP contribution in [-0.2, 0) is 21.5 Å². The van der Waals surface area contributed by atoms with Gasteiger partial charge in [0.05, 0.1) is 13.1 Å². The number of piperazine rings is 1. The van der Waals surface area contributed by atoms with Crippen LogP contribution >= 0.6 is 0 Å². The smallest absolute Gasteiger partial charge is 0.317 e. The third-order valence-electron chi connectivity index (χ3n) is 8.16. The molecule has 2 aliphatic rings. The number of carboxylic acids is 1. The number of Topliss-reactive ketones (excluding diaryl/α,β-unsaturated/α-hetero) is 1. The van der Waals surface area contributed by atoms with Gasteiger partial charge in [0.1, 0.15) is 5.84 Å². The summed E-state index contributed by atoms with van der Waals surface area (Å²) < 4.78 is 5.36. The molecule has 0 spiro atoms. The van der Waals surface area contributed by atoms with Crippen molar-refractivity contribution in [1.82, 2.24) is 14.7 Å². The Morgan fingerprint density at radius 2 is 1.68 bits per heavy atom. The lowest BCUT2D eigenvalue weighted by atomic mass is 9.84. The predicted molar refractivity (Wildman–Crippen MR) is 157 cm³/mol. The summed E-state index contributed by atoms with van der Waals surface area (Å²) in [6.07, 6.45) is 0.840. The van der Waals surface area contributed by atoms with Crippen LogP contribution in [0, 0.1) is 11.3 Å². The second-order valence-electron chi connectivity index (χ2n) is 12.2. The topological polar surface area (TPSA) is 97.2 Å². The number of amidine groups is 1. The number of benzene rings is 2. The summed E-state index contributed by atoms with van der Waals surface area (Å²) in [4.78, 5) is 31.0. The minimum atomic E-state index is -0.791. The summed E-state index contributed by atoms with van der Waals surface area (Å²) >= 11 is 0. The minimum Gasteiger partial charge on any atom is -0.480 e. The van der Waals surface area contributed by atoms with Crippen molar-refractivity contribution in [2.24, 2.45) is 5.92 Å². The van der Waals surface area contributed by atoms with Crippen LogP contribution in [0.4, 0.5) is 0 Å². The molecule has 8 nitrogen and oxygen atoms in total. The molecule has 216 valence electrons. The van der Waals surface area contributed by atoms with Crippen molar-refractivity contribution in [3.8, 4) is 0 Å². The van der Waals surface area contributed by atoms with Gasteiger partial charge in [0.15, 0.2) is 5.78 Å². The molecule has 0 amide bonds. The average Bonchev–Trinajstić information content (AvgIpc) is 3.22. The number of ether oxygens (including phenoxy) is 1. The van der Waals surface area contributed by atoms with E-state index in [4.69, 9.17) is 15.3 Å². The molecule has 2 unspecified atom stereocenters. The SMILES string of the molecule is COCCC1CN(CC(=O)c2cc(CN3CCN(CC(=O)O)CC3)cc(C(C)(C)C)c2)C(=N)C1c1ccccc1. The van der Waals surface area contributed by atoms with Crippen molar-refractivity contribution in [1.29, 1.82) is 5.41 Å². The second kappa shape index (κ2) is 13.1. The molecule has 2 aliphatic heterocycles. The van der Waals surface area contributed by atoms with E-state index in [1.54, 1.807) is 7.11 Å². The van der Waals surface area contributed by atoms with Crippen molar-refractivity contribution < 1.29 is 19.4 Å². The van der Waals surface area contributed by atoms with Crippen LogP contribution in [0.5, 0.6) is 0 Å². The normalized spacial score (nSPS) is 20.7. The predicted octanol–water partition coefficient (Wildman–Crippen LogP) is 4.10. The molecule has 2 N–H and O–H groups in total. The van der Waals surface area contributed by atoms with Crippen molar-refractivity contribution >= 4 is 17.6 Å². The number of carboxylic acid groups (broad SMARTS) is 1. The number of carbonyl (C=O) groups excluding carboxylic acids is 1. The Morgan fingerprint density at radius 1 is 1.00 bits per heavy atom. The zero-order valence-electron chi connectivity index (χ0n) is 24.4. The summed E-state index contributed by atoms with van der Waals surface area (Å²) in [6.45, 7) is 11.8. The summed E-state index contributed by atoms with van der Waals surface area (Å²) in [5.41, 5.74) is 3.91. The van der Waals surface area contributed by atoms with Gasteiger partial charge in [-0.1, -0.05) is 57.2 Å². The summed E-state index contributed by atoms with van der Waals surface area (Å²) in [5.74, 6) is -0.0744. The van der Waals surface area contributed by atoms with E-state index in [0.29, 0.717) is 24.6 Å². The summed E-state index contributed by atoms with van der Waals surface area (Å²) in [6, 6.07) is 16.4. The first-order chi connectivity index (χ1) is 19.0. The molecule has 8 heteroatoms. The van der Waals surface area contributed by atoms with E-state index in [1.807, 2.05) is 40.1 Å². The van der Waals surface area contributed by atoms with Crippen LogP contribution in [0.15, 0.2) is 48.5 Å². The van der Waals surface area contributed by atoms with E-state index in [0.717, 1.165) is 55.8 Å². The number of nitrogens with one attached hydrogen (secondary N) is 1. The number of hydrogen-bond acceptors (Lipinski definition) is 6. The molecule has 2 saturated heterocycles. The molecule has 2 fully saturated rings. The number of ketones is 1. The number of carbonyl (C=O) groups is 2. The van der Waals surface area contributed by atoms with E-state index in [2.05, 4.69) is 43.9 Å². The third kappa shape index (κ3) is 7.56. The van der Waals surface area contributed by atoms with E-state index >= 15 is 0 Å². The van der Waals surface area contributed by atoms with Gasteiger partial charge in [-0.15, -0.1) is 0 Å². The largest absolute Gasteiger partial charge is 0.480 e. The fourth-order valence-corrected chi connectivity index (χ4v) is 5.87. The van der Waals surface area contributed by atoms with Gasteiger partial charge in [-0.2, -0.15) is 0 Å². The number of nitrogens with zero attached hydrogens (tertiary/aromatic N) is 3. The number of aliphatic carboxylic acids is 1. The van der Waals surface area contributed by atoms with Crippen LogP contribution in [0.3, 0.4) is 0 Å². The molecule has 0 bridgehead atoms. The zero-order valence-corrected chi connectivity index (χ0v) is 24.4. The van der Waals surface area contributed by atoms with E-state index in [9.17, 15) is 9.59 Å². The van der Waals surface area contributed by atoms with E-state index < -0.39 is 5.97 Å². The standard InChI is InChI=1S/C32H44N4O4/c1-32(2,3)27-17-23(19-34-11-13-35(14-12-34)22-29(38)39)16-26(18-27)28(37)21-36-20-25(10-15-40-4)30(31(36)33)24-8-6-5-7-9-24/h5-9,16-18,25,30,33H,10-15,19-22H2,1-4H3,(H,38,39). The van der Waals surface area contributed by atoms with Crippen LogP contribution in [0.2, 0.25) is 0 Å². The van der Waals surface area contributed by atoms with Crippen LogP contribution < -0.4 is 0 Å². The van der Waals surface area contributed by atoms with Gasteiger partial charge in [0.25, 0.3) is 0 Å². The lowest BCUT2D eigenvalue weighted by Gasteiger charge is -2.34. The van der Waals surface area contributed by atoms with Crippen LogP contribution in [-0.4, -0.2) is 96.9 Å². The number of methoxy groups -OCH3 is 1. The van der Waals surface area contributed by atoms with Crippen molar-refractivity contribution in [2.45, 2.75) is 45.1 Å². The Kier molecular flexibility index (Phi) is 9.77. The lowest BCUT2D eigenvalue weighted by Crippen LogP contribution is -2.47. The molecule has 0 aliphatic carbocycles. The van der Waals surface area contributed by atoms with Gasteiger partial charge in [0.2, 0.25) is 0 Å². The van der Waals surface area contributed by atoms with Gasteiger partial charge in [-0.3, -0.25) is 24.8 Å². The Morgan fingerprint density at radius 3 is 2.30 bits per heavy atom. The Balaban J connectivity index is 1.50. The molecule has 0 saturated carbocycles. The molecule has 40 heavy (non-hydrogen) atoms. The van der Waals surface area contributed by atoms with Crippen LogP contribution in [0.25, 0.3) is 0 Å². The highest BCUT2D eigenvalue weighted by molar-refractivity contribution is 6.01. The van der Waals surface area contributed by atoms with Crippen molar-refractivity contribution in [3.63, 3.8) is 0 Å². The quantitative estimate of drug-likeness (QED) is 0.408. The average molecular weight is 549 g/mol. The van der Waals surface area contributed by atoms with Crippen LogP contribution in [0.1, 0.15) is 60.2 Å². The highest BCUT2D eigenvalue weighted by atomic mass is 16.5. The summed E-state index contributed by atoms with van der Waals surface area (Å²) in [7, 11) is 1.70. The molecule has 2 heterocycles. The number of hydrogen-bond donors (Lipinski definition) is 2. The monoisotopic (exact) mass is 548 g/mol. The Bertz CT molecular complexity index is 1190. The minimum absolute atomic E-state index is 0.0302. The fraction of sp³-hybridized carbons (Fsp3) is 0.531. The first-order valence-corrected chi connectivity index (χ1v) is 14.3. The molecule has 0 aromatic heterocycles. The first-order valence-electron chi connectivity index (χ1n) is 14.3. The van der Waals surface area contributed by atoms with Gasteiger partial charge >= 0.3 is 5.97 Å². The fourth-order valence-electron chi connectivity index (χ4n) is 5.87. The van der Waals surface area contributed by atoms with Gasteiger partial charge in [-0.25, -0.2) is 0 Å². The molecular formula is C32H44N4O4. The Labute approximate surface area is 238 Å². The summed E-state index contributed by atoms with van der Waals surface area (Å²) in [5, 5.41) is 18.1. The lowest BCUT2D eigenvalue weighted by molar-refractivity contribution is -0.138. The number of likely N-dealkylation sites (tertiary alicyclic amines) is 1. The van der Waals surface area contributed by atoms with Gasteiger partial charge in [-0.05, 0) is 46.6 Å².